The average Bonchev–Trinajstić information content (AvgIpc) is 2.87. The topological polar surface area (TPSA) is 66.2 Å². The molecule has 0 radical (unpaired) electrons. The number of carbonyl (C=O) groups excluding carboxylic acids is 1. The number of esters is 1. The molecule has 0 aliphatic rings. The lowest BCUT2D eigenvalue weighted by molar-refractivity contribution is 0.0594. The Morgan fingerprint density at radius 3 is 2.88 bits per heavy atom. The van der Waals surface area contributed by atoms with Crippen LogP contribution in [0, 0.1) is 0 Å². The maximum atomic E-state index is 11.2. The van der Waals surface area contributed by atoms with Crippen molar-refractivity contribution in [2.45, 2.75) is 0 Å². The van der Waals surface area contributed by atoms with Gasteiger partial charge in [-0.1, -0.05) is 0 Å². The van der Waals surface area contributed by atoms with Gasteiger partial charge in [-0.25, -0.2) is 9.78 Å². The summed E-state index contributed by atoms with van der Waals surface area (Å²) in [6.45, 7) is 0. The molecule has 6 nitrogen and oxygen atoms in total. The predicted octanol–water partition coefficient (Wildman–Crippen LogP) is 1.06. The number of hydrogen-bond donors (Lipinski definition) is 0. The van der Waals surface area contributed by atoms with Crippen LogP contribution < -0.4 is 4.74 Å². The summed E-state index contributed by atoms with van der Waals surface area (Å²) in [6, 6.07) is 1.79. The van der Waals surface area contributed by atoms with Gasteiger partial charge in [0, 0.05) is 12.3 Å². The zero-order valence-corrected chi connectivity index (χ0v) is 9.45. The van der Waals surface area contributed by atoms with Crippen LogP contribution in [0.4, 0.5) is 0 Å². The number of methoxy groups -OCH3 is 2. The molecule has 0 amide bonds. The summed E-state index contributed by atoms with van der Waals surface area (Å²) in [4.78, 5) is 19.2. The van der Waals surface area contributed by atoms with E-state index in [0.29, 0.717) is 5.75 Å². The number of carbonyl (C=O) groups is 1. The van der Waals surface area contributed by atoms with E-state index in [1.165, 1.54) is 13.4 Å². The normalized spacial score (nSPS) is 10.0. The first-order valence-electron chi connectivity index (χ1n) is 4.86. The van der Waals surface area contributed by atoms with Crippen LogP contribution in [-0.4, -0.2) is 34.7 Å². The van der Waals surface area contributed by atoms with Gasteiger partial charge in [-0.3, -0.25) is 4.98 Å². The first kappa shape index (κ1) is 11.1. The highest BCUT2D eigenvalue weighted by Crippen LogP contribution is 2.14. The lowest BCUT2D eigenvalue weighted by Crippen LogP contribution is -2.01. The minimum atomic E-state index is -0.473. The largest absolute Gasteiger partial charge is 0.495 e. The summed E-state index contributed by atoms with van der Waals surface area (Å²) in [7, 11) is 2.88. The molecule has 0 bridgehead atoms. The summed E-state index contributed by atoms with van der Waals surface area (Å²) in [5, 5.41) is 0. The van der Waals surface area contributed by atoms with Crippen molar-refractivity contribution >= 4 is 5.97 Å². The van der Waals surface area contributed by atoms with Crippen molar-refractivity contribution in [2.24, 2.45) is 0 Å². The Bertz CT molecular complexity index is 536. The average molecular weight is 233 g/mol. The van der Waals surface area contributed by atoms with E-state index in [9.17, 15) is 4.79 Å². The van der Waals surface area contributed by atoms with Crippen molar-refractivity contribution in [3.8, 4) is 11.4 Å². The van der Waals surface area contributed by atoms with E-state index >= 15 is 0 Å². The number of rotatable bonds is 3. The summed E-state index contributed by atoms with van der Waals surface area (Å²) >= 11 is 0. The van der Waals surface area contributed by atoms with Crippen LogP contribution >= 0.6 is 0 Å². The maximum Gasteiger partial charge on any atom is 0.358 e. The highest BCUT2D eigenvalue weighted by Gasteiger charge is 2.09. The fourth-order valence-corrected chi connectivity index (χ4v) is 1.33. The molecule has 2 aromatic rings. The smallest absolute Gasteiger partial charge is 0.358 e. The Kier molecular flexibility index (Phi) is 3.04. The molecule has 0 atom stereocenters. The van der Waals surface area contributed by atoms with Gasteiger partial charge in [0.05, 0.1) is 32.3 Å². The third-order valence-corrected chi connectivity index (χ3v) is 2.21. The first-order valence-corrected chi connectivity index (χ1v) is 4.86. The molecule has 0 aromatic carbocycles. The van der Waals surface area contributed by atoms with Gasteiger partial charge in [0.1, 0.15) is 12.1 Å². The zero-order chi connectivity index (χ0) is 12.3. The minimum Gasteiger partial charge on any atom is -0.495 e. The Morgan fingerprint density at radius 2 is 2.18 bits per heavy atom. The van der Waals surface area contributed by atoms with E-state index in [2.05, 4.69) is 14.7 Å². The molecule has 2 aromatic heterocycles. The summed E-state index contributed by atoms with van der Waals surface area (Å²) < 4.78 is 11.3. The van der Waals surface area contributed by atoms with Gasteiger partial charge < -0.3 is 14.0 Å². The van der Waals surface area contributed by atoms with Crippen LogP contribution in [0.1, 0.15) is 10.5 Å². The van der Waals surface area contributed by atoms with Crippen LogP contribution in [0.2, 0.25) is 0 Å². The minimum absolute atomic E-state index is 0.246. The Hall–Kier alpha value is -2.37. The highest BCUT2D eigenvalue weighted by atomic mass is 16.5. The van der Waals surface area contributed by atoms with Crippen molar-refractivity contribution in [3.05, 3.63) is 36.7 Å². The number of ether oxygens (including phenoxy) is 2. The molecule has 88 valence electrons. The van der Waals surface area contributed by atoms with E-state index in [-0.39, 0.29) is 5.69 Å². The van der Waals surface area contributed by atoms with Crippen LogP contribution in [-0.2, 0) is 4.74 Å². The number of imidazole rings is 1. The first-order chi connectivity index (χ1) is 8.24. The van der Waals surface area contributed by atoms with Crippen molar-refractivity contribution in [2.75, 3.05) is 14.2 Å². The molecule has 17 heavy (non-hydrogen) atoms. The molecule has 0 unspecified atom stereocenters. The van der Waals surface area contributed by atoms with Crippen LogP contribution in [0.3, 0.4) is 0 Å². The molecule has 6 heteroatoms. The van der Waals surface area contributed by atoms with E-state index in [4.69, 9.17) is 4.74 Å². The van der Waals surface area contributed by atoms with Crippen LogP contribution in [0.5, 0.6) is 5.75 Å². The van der Waals surface area contributed by atoms with Crippen molar-refractivity contribution in [1.29, 1.82) is 0 Å². The standard InChI is InChI=1S/C11H11N3O3/c1-16-9-3-8(4-12-5-9)14-6-10(13-7-14)11(15)17-2/h3-7H,1-2H3. The van der Waals surface area contributed by atoms with E-state index in [1.807, 2.05) is 0 Å². The Morgan fingerprint density at radius 1 is 1.35 bits per heavy atom. The molecule has 0 spiro atoms. The second-order valence-corrected chi connectivity index (χ2v) is 3.24. The monoisotopic (exact) mass is 233 g/mol. The second kappa shape index (κ2) is 4.65. The zero-order valence-electron chi connectivity index (χ0n) is 9.45. The third kappa shape index (κ3) is 2.25. The predicted molar refractivity (Wildman–Crippen MR) is 59.3 cm³/mol. The van der Waals surface area contributed by atoms with Gasteiger partial charge in [0.2, 0.25) is 0 Å². The summed E-state index contributed by atoms with van der Waals surface area (Å²) in [6.07, 6.45) is 6.33. The van der Waals surface area contributed by atoms with Crippen LogP contribution in [0.25, 0.3) is 5.69 Å². The molecule has 0 N–H and O–H groups in total. The fourth-order valence-electron chi connectivity index (χ4n) is 1.33. The number of aromatic nitrogens is 3. The number of hydrogen-bond acceptors (Lipinski definition) is 5. The van der Waals surface area contributed by atoms with Gasteiger partial charge in [-0.05, 0) is 0 Å². The SMILES string of the molecule is COC(=O)c1cn(-c2cncc(OC)c2)cn1. The van der Waals surface area contributed by atoms with Crippen LogP contribution in [0.15, 0.2) is 31.0 Å². The molecule has 0 saturated heterocycles. The van der Waals surface area contributed by atoms with Gasteiger partial charge in [-0.15, -0.1) is 0 Å². The molecular weight excluding hydrogens is 222 g/mol. The number of nitrogens with zero attached hydrogens (tertiary/aromatic N) is 3. The molecule has 0 aliphatic carbocycles. The van der Waals surface area contributed by atoms with E-state index < -0.39 is 5.97 Å². The van der Waals surface area contributed by atoms with Crippen molar-refractivity contribution < 1.29 is 14.3 Å². The molecule has 0 fully saturated rings. The molecular formula is C11H11N3O3. The number of pyridine rings is 1. The lowest BCUT2D eigenvalue weighted by atomic mass is 10.4. The summed E-state index contributed by atoms with van der Waals surface area (Å²) in [5.41, 5.74) is 1.00. The quantitative estimate of drug-likeness (QED) is 0.741. The van der Waals surface area contributed by atoms with Gasteiger partial charge in [0.15, 0.2) is 5.69 Å². The molecule has 0 aliphatic heterocycles. The van der Waals surface area contributed by atoms with Crippen molar-refractivity contribution in [3.63, 3.8) is 0 Å². The van der Waals surface area contributed by atoms with Gasteiger partial charge in [0.25, 0.3) is 0 Å². The van der Waals surface area contributed by atoms with Gasteiger partial charge in [-0.2, -0.15) is 0 Å². The Labute approximate surface area is 97.8 Å². The second-order valence-electron chi connectivity index (χ2n) is 3.24. The maximum absolute atomic E-state index is 11.2. The molecule has 0 saturated carbocycles. The highest BCUT2D eigenvalue weighted by molar-refractivity contribution is 5.86. The van der Waals surface area contributed by atoms with E-state index in [1.54, 1.807) is 36.3 Å². The fraction of sp³-hybridized carbons (Fsp3) is 0.182. The molecule has 2 heterocycles. The molecule has 2 rings (SSSR count). The van der Waals surface area contributed by atoms with Crippen molar-refractivity contribution in [1.82, 2.24) is 14.5 Å². The van der Waals surface area contributed by atoms with Gasteiger partial charge >= 0.3 is 5.97 Å². The lowest BCUT2D eigenvalue weighted by Gasteiger charge is -2.03. The Balaban J connectivity index is 2.33. The summed E-state index contributed by atoms with van der Waals surface area (Å²) in [5.74, 6) is 0.162. The third-order valence-electron chi connectivity index (χ3n) is 2.21. The van der Waals surface area contributed by atoms with E-state index in [0.717, 1.165) is 5.69 Å².